The molecule has 0 amide bonds. The number of hydrogen-bond acceptors (Lipinski definition) is 5. The molecule has 1 fully saturated rings. The first-order chi connectivity index (χ1) is 15.5. The molecule has 0 aliphatic carbocycles. The molecule has 0 bridgehead atoms. The molecule has 1 unspecified atom stereocenters. The Bertz CT molecular complexity index is 1120. The van der Waals surface area contributed by atoms with Crippen LogP contribution in [0.1, 0.15) is 11.1 Å². The number of benzene rings is 3. The van der Waals surface area contributed by atoms with Gasteiger partial charge in [-0.25, -0.2) is 0 Å². The van der Waals surface area contributed by atoms with Gasteiger partial charge in [-0.2, -0.15) is 0 Å². The van der Waals surface area contributed by atoms with Crippen LogP contribution in [0.3, 0.4) is 0 Å². The summed E-state index contributed by atoms with van der Waals surface area (Å²) in [4.78, 5) is 13.3. The van der Waals surface area contributed by atoms with E-state index in [-0.39, 0.29) is 47.0 Å². The minimum absolute atomic E-state index is 0. The van der Waals surface area contributed by atoms with Gasteiger partial charge in [-0.1, -0.05) is 48.0 Å². The third kappa shape index (κ3) is 5.95. The molecule has 0 saturated carbocycles. The van der Waals surface area contributed by atoms with Gasteiger partial charge in [0.1, 0.15) is 24.7 Å². The number of halogens is 1. The minimum Gasteiger partial charge on any atom is -0.870 e. The van der Waals surface area contributed by atoms with Crippen LogP contribution in [0, 0.1) is 5.92 Å². The quantitative estimate of drug-likeness (QED) is 0.531. The molecule has 1 atom stereocenters. The number of rotatable bonds is 6. The van der Waals surface area contributed by atoms with Gasteiger partial charge in [0, 0.05) is 24.2 Å². The van der Waals surface area contributed by atoms with Gasteiger partial charge >= 0.3 is 35.5 Å². The summed E-state index contributed by atoms with van der Waals surface area (Å²) in [6.07, 6.45) is 0.888. The summed E-state index contributed by atoms with van der Waals surface area (Å²) in [6, 6.07) is 22.3. The zero-order valence-corrected chi connectivity index (χ0v) is 21.7. The van der Waals surface area contributed by atoms with Crippen molar-refractivity contribution in [3.63, 3.8) is 0 Å². The maximum atomic E-state index is 11.0. The third-order valence-corrected chi connectivity index (χ3v) is 6.49. The summed E-state index contributed by atoms with van der Waals surface area (Å²) >= 11 is 5.92. The second-order valence-corrected chi connectivity index (χ2v) is 8.86. The van der Waals surface area contributed by atoms with Crippen LogP contribution in [0.2, 0.25) is 5.02 Å². The van der Waals surface area contributed by atoms with E-state index < -0.39 is 5.97 Å². The summed E-state index contributed by atoms with van der Waals surface area (Å²) in [6.45, 7) is 2.32. The average Bonchev–Trinajstić information content (AvgIpc) is 2.77. The van der Waals surface area contributed by atoms with E-state index in [4.69, 9.17) is 26.2 Å². The van der Waals surface area contributed by atoms with Gasteiger partial charge in [0.2, 0.25) is 0 Å². The number of carboxylic acids is 1. The van der Waals surface area contributed by atoms with Crippen LogP contribution in [0.4, 0.5) is 0 Å². The fourth-order valence-electron chi connectivity index (χ4n) is 4.23. The van der Waals surface area contributed by atoms with E-state index in [0.717, 1.165) is 39.6 Å². The predicted octanol–water partition coefficient (Wildman–Crippen LogP) is 1.73. The van der Waals surface area contributed by atoms with E-state index in [9.17, 15) is 4.79 Å². The number of nitrogens with zero attached hydrogens (tertiary/aromatic N) is 1. The summed E-state index contributed by atoms with van der Waals surface area (Å²) in [5.41, 5.74) is 4.44. The van der Waals surface area contributed by atoms with Gasteiger partial charge in [0.15, 0.2) is 0 Å². The Hall–Kier alpha value is -2.06. The van der Waals surface area contributed by atoms with Crippen LogP contribution in [-0.2, 0) is 17.8 Å². The topological polar surface area (TPSA) is 89.0 Å². The first-order valence-corrected chi connectivity index (χ1v) is 11.1. The Labute approximate surface area is 226 Å². The fourth-order valence-corrected chi connectivity index (χ4v) is 4.35. The molecular formula is C26H25ClNNaO5. The number of aliphatic carboxylic acids is 1. The molecule has 3 aromatic carbocycles. The second kappa shape index (κ2) is 11.6. The number of likely N-dealkylation sites (tertiary alicyclic amines) is 1. The van der Waals surface area contributed by atoms with E-state index in [0.29, 0.717) is 26.3 Å². The van der Waals surface area contributed by atoms with Gasteiger partial charge in [-0.05, 0) is 59.0 Å². The van der Waals surface area contributed by atoms with Crippen molar-refractivity contribution >= 4 is 17.6 Å². The van der Waals surface area contributed by atoms with Crippen molar-refractivity contribution in [3.8, 4) is 22.6 Å². The number of ether oxygens (including phenoxy) is 2. The van der Waals surface area contributed by atoms with Crippen molar-refractivity contribution < 1.29 is 54.4 Å². The zero-order valence-electron chi connectivity index (χ0n) is 19.0. The normalized spacial score (nSPS) is 17.3. The molecule has 2 heterocycles. The van der Waals surface area contributed by atoms with E-state index in [1.165, 1.54) is 5.56 Å². The van der Waals surface area contributed by atoms with Crippen molar-refractivity contribution in [3.05, 3.63) is 82.9 Å². The molecule has 34 heavy (non-hydrogen) atoms. The summed E-state index contributed by atoms with van der Waals surface area (Å²) in [5, 5.41) is 9.80. The number of fused-ring (bicyclic) bond motifs is 1. The Morgan fingerprint density at radius 1 is 1.03 bits per heavy atom. The molecule has 2 N–H and O–H groups in total. The van der Waals surface area contributed by atoms with Crippen molar-refractivity contribution in [1.82, 2.24) is 4.90 Å². The summed E-state index contributed by atoms with van der Waals surface area (Å²) in [7, 11) is 0. The molecule has 2 aliphatic rings. The molecular weight excluding hydrogens is 465 g/mol. The minimum atomic E-state index is -0.704. The summed E-state index contributed by atoms with van der Waals surface area (Å²) < 4.78 is 11.9. The maximum absolute atomic E-state index is 11.0. The van der Waals surface area contributed by atoms with Crippen LogP contribution in [0.25, 0.3) is 11.1 Å². The first-order valence-electron chi connectivity index (χ1n) is 10.8. The molecule has 3 aromatic rings. The number of hydrogen-bond donors (Lipinski definition) is 1. The Morgan fingerprint density at radius 3 is 2.38 bits per heavy atom. The van der Waals surface area contributed by atoms with Crippen molar-refractivity contribution in [2.75, 3.05) is 19.7 Å². The molecule has 8 heteroatoms. The summed E-state index contributed by atoms with van der Waals surface area (Å²) in [5.74, 6) is 0.786. The maximum Gasteiger partial charge on any atom is 1.00 e. The van der Waals surface area contributed by atoms with Gasteiger partial charge in [0.05, 0.1) is 5.92 Å². The predicted molar refractivity (Wildman–Crippen MR) is 125 cm³/mol. The third-order valence-electron chi connectivity index (χ3n) is 6.24. The Balaban J connectivity index is 0.00000162. The number of carbonyl (C=O) groups is 1. The largest absolute Gasteiger partial charge is 1.00 e. The van der Waals surface area contributed by atoms with Crippen LogP contribution in [0.5, 0.6) is 11.5 Å². The van der Waals surface area contributed by atoms with Crippen LogP contribution in [-0.4, -0.2) is 47.2 Å². The zero-order chi connectivity index (χ0) is 22.1. The molecule has 0 aromatic heterocycles. The van der Waals surface area contributed by atoms with Crippen molar-refractivity contribution in [2.45, 2.75) is 19.1 Å². The molecule has 5 rings (SSSR count). The first kappa shape index (κ1) is 26.5. The molecule has 172 valence electrons. The Kier molecular flexibility index (Phi) is 9.04. The van der Waals surface area contributed by atoms with Gasteiger partial charge in [-0.3, -0.25) is 9.69 Å². The molecule has 0 spiro atoms. The van der Waals surface area contributed by atoms with E-state index in [2.05, 4.69) is 35.2 Å². The monoisotopic (exact) mass is 489 g/mol. The van der Waals surface area contributed by atoms with Crippen molar-refractivity contribution in [1.29, 1.82) is 0 Å². The van der Waals surface area contributed by atoms with Gasteiger partial charge in [0.25, 0.3) is 0 Å². The molecule has 6 nitrogen and oxygen atoms in total. The molecule has 0 radical (unpaired) electrons. The average molecular weight is 490 g/mol. The van der Waals surface area contributed by atoms with Crippen LogP contribution in [0.15, 0.2) is 66.7 Å². The Morgan fingerprint density at radius 2 is 1.71 bits per heavy atom. The molecule has 2 aliphatic heterocycles. The standard InChI is InChI=1S/C26H24ClNO4.Na.H2O/c27-22-7-1-17(2-8-22)15-31-24-9-5-18(6-10-24)19-3-4-20-11-23(16-32-25(20)12-19)28-13-21(14-28)26(29)30;;/h1-10,12,21,23H,11,13-16H2,(H,29,30);;1H2/q;+1;/p-1. The van der Waals surface area contributed by atoms with Gasteiger partial charge in [-0.15, -0.1) is 0 Å². The SMILES string of the molecule is O=C(O)C1CN(C2COc3cc(-c4ccc(OCc5ccc(Cl)cc5)cc4)ccc3C2)C1.[Na+].[OH-]. The van der Waals surface area contributed by atoms with Crippen LogP contribution >= 0.6 is 11.6 Å². The second-order valence-electron chi connectivity index (χ2n) is 8.42. The molecule has 1 saturated heterocycles. The van der Waals surface area contributed by atoms with Crippen molar-refractivity contribution in [2.24, 2.45) is 5.92 Å². The van der Waals surface area contributed by atoms with Crippen LogP contribution < -0.4 is 39.0 Å². The number of carboxylic acid groups (broad SMARTS) is 1. The smallest absolute Gasteiger partial charge is 0.870 e. The van der Waals surface area contributed by atoms with E-state index in [1.54, 1.807) is 0 Å². The van der Waals surface area contributed by atoms with Gasteiger partial charge < -0.3 is 20.1 Å². The van der Waals surface area contributed by atoms with E-state index >= 15 is 0 Å². The fraction of sp³-hybridized carbons (Fsp3) is 0.269. The van der Waals surface area contributed by atoms with E-state index in [1.807, 2.05) is 36.4 Å².